The number of rotatable bonds is 4. The lowest BCUT2D eigenvalue weighted by molar-refractivity contribution is 0.188. The SMILES string of the molecule is O=c1[nH]c(N2CCN(CCO)CC2)nc2c1cnn2-c1ccccc1. The Bertz CT molecular complexity index is 912. The number of aliphatic hydroxyl groups is 1. The summed E-state index contributed by atoms with van der Waals surface area (Å²) in [6.45, 7) is 4.03. The van der Waals surface area contributed by atoms with E-state index < -0.39 is 0 Å². The number of H-pyrrole nitrogens is 1. The molecule has 0 unspecified atom stereocenters. The van der Waals surface area contributed by atoms with Gasteiger partial charge in [0, 0.05) is 32.7 Å². The summed E-state index contributed by atoms with van der Waals surface area (Å²) in [4.78, 5) is 24.2. The lowest BCUT2D eigenvalue weighted by Gasteiger charge is -2.34. The Morgan fingerprint density at radius 1 is 1.12 bits per heavy atom. The van der Waals surface area contributed by atoms with Crippen LogP contribution in [0.15, 0.2) is 41.3 Å². The van der Waals surface area contributed by atoms with Crippen LogP contribution in [-0.2, 0) is 0 Å². The molecular weight excluding hydrogens is 320 g/mol. The number of β-amino-alcohol motifs (C(OH)–C–C–N with tert-alkyl or cyclic N) is 1. The number of hydrogen-bond acceptors (Lipinski definition) is 6. The number of piperazine rings is 1. The maximum absolute atomic E-state index is 12.4. The molecule has 0 aliphatic carbocycles. The molecule has 1 aromatic carbocycles. The molecule has 25 heavy (non-hydrogen) atoms. The summed E-state index contributed by atoms with van der Waals surface area (Å²) in [6, 6.07) is 9.66. The standard InChI is InChI=1S/C17H20N6O2/c24-11-10-21-6-8-22(9-7-21)17-19-15-14(16(25)20-17)12-18-23(15)13-4-2-1-3-5-13/h1-5,12,24H,6-11H2,(H,19,20,25). The van der Waals surface area contributed by atoms with Gasteiger partial charge in [-0.3, -0.25) is 14.7 Å². The number of fused-ring (bicyclic) bond motifs is 1. The fourth-order valence-corrected chi connectivity index (χ4v) is 3.14. The number of nitrogens with one attached hydrogen (secondary N) is 1. The summed E-state index contributed by atoms with van der Waals surface area (Å²) in [6.07, 6.45) is 1.55. The van der Waals surface area contributed by atoms with E-state index in [-0.39, 0.29) is 12.2 Å². The van der Waals surface area contributed by atoms with Crippen LogP contribution >= 0.6 is 0 Å². The van der Waals surface area contributed by atoms with Gasteiger partial charge in [0.25, 0.3) is 5.56 Å². The number of aromatic amines is 1. The van der Waals surface area contributed by atoms with Crippen LogP contribution < -0.4 is 10.5 Å². The smallest absolute Gasteiger partial charge is 0.263 e. The molecule has 8 nitrogen and oxygen atoms in total. The van der Waals surface area contributed by atoms with Crippen LogP contribution in [0, 0.1) is 0 Å². The van der Waals surface area contributed by atoms with Gasteiger partial charge >= 0.3 is 0 Å². The number of anilines is 1. The molecule has 1 aliphatic heterocycles. The molecule has 0 radical (unpaired) electrons. The normalized spacial score (nSPS) is 15.8. The molecule has 1 aliphatic rings. The Hall–Kier alpha value is -2.71. The molecule has 1 saturated heterocycles. The van der Waals surface area contributed by atoms with Crippen LogP contribution in [-0.4, -0.2) is 69.1 Å². The maximum atomic E-state index is 12.4. The minimum Gasteiger partial charge on any atom is -0.395 e. The van der Waals surface area contributed by atoms with Crippen molar-refractivity contribution in [2.45, 2.75) is 0 Å². The molecule has 0 amide bonds. The fraction of sp³-hybridized carbons (Fsp3) is 0.353. The van der Waals surface area contributed by atoms with Gasteiger partial charge in [-0.25, -0.2) is 4.68 Å². The molecule has 2 aromatic heterocycles. The number of aromatic nitrogens is 4. The second kappa shape index (κ2) is 6.66. The van der Waals surface area contributed by atoms with E-state index in [0.717, 1.165) is 31.9 Å². The Morgan fingerprint density at radius 2 is 1.88 bits per heavy atom. The van der Waals surface area contributed by atoms with E-state index in [2.05, 4.69) is 24.9 Å². The molecule has 0 saturated carbocycles. The van der Waals surface area contributed by atoms with Crippen LogP contribution in [0.2, 0.25) is 0 Å². The summed E-state index contributed by atoms with van der Waals surface area (Å²) < 4.78 is 1.69. The zero-order valence-corrected chi connectivity index (χ0v) is 13.8. The van der Waals surface area contributed by atoms with Gasteiger partial charge in [-0.1, -0.05) is 18.2 Å². The van der Waals surface area contributed by atoms with E-state index in [1.807, 2.05) is 30.3 Å². The third-order valence-electron chi connectivity index (χ3n) is 4.51. The van der Waals surface area contributed by atoms with Crippen molar-refractivity contribution in [1.29, 1.82) is 0 Å². The quantitative estimate of drug-likeness (QED) is 0.706. The van der Waals surface area contributed by atoms with Crippen molar-refractivity contribution in [2.75, 3.05) is 44.2 Å². The molecule has 4 rings (SSSR count). The third-order valence-corrected chi connectivity index (χ3v) is 4.51. The Morgan fingerprint density at radius 3 is 2.60 bits per heavy atom. The van der Waals surface area contributed by atoms with Crippen LogP contribution in [0.5, 0.6) is 0 Å². The second-order valence-corrected chi connectivity index (χ2v) is 6.07. The highest BCUT2D eigenvalue weighted by Crippen LogP contribution is 2.17. The molecule has 0 spiro atoms. The second-order valence-electron chi connectivity index (χ2n) is 6.07. The summed E-state index contributed by atoms with van der Waals surface area (Å²) in [5, 5.41) is 13.9. The van der Waals surface area contributed by atoms with Gasteiger partial charge in [0.1, 0.15) is 5.39 Å². The summed E-state index contributed by atoms with van der Waals surface area (Å²) in [5.74, 6) is 0.568. The summed E-state index contributed by atoms with van der Waals surface area (Å²) in [7, 11) is 0. The number of nitrogens with zero attached hydrogens (tertiary/aromatic N) is 5. The van der Waals surface area contributed by atoms with Gasteiger partial charge in [-0.15, -0.1) is 0 Å². The Balaban J connectivity index is 1.68. The number of para-hydroxylation sites is 1. The zero-order valence-electron chi connectivity index (χ0n) is 13.8. The first-order valence-corrected chi connectivity index (χ1v) is 8.38. The van der Waals surface area contributed by atoms with Gasteiger partial charge in [0.15, 0.2) is 5.65 Å². The molecule has 3 heterocycles. The largest absolute Gasteiger partial charge is 0.395 e. The lowest BCUT2D eigenvalue weighted by atomic mass is 10.3. The average molecular weight is 340 g/mol. The van der Waals surface area contributed by atoms with Gasteiger partial charge < -0.3 is 10.0 Å². The van der Waals surface area contributed by atoms with Gasteiger partial charge in [0.2, 0.25) is 5.95 Å². The molecule has 2 N–H and O–H groups in total. The topological polar surface area (TPSA) is 90.3 Å². The highest BCUT2D eigenvalue weighted by atomic mass is 16.3. The molecule has 0 bridgehead atoms. The molecular formula is C17H20N6O2. The Kier molecular flexibility index (Phi) is 4.21. The van der Waals surface area contributed by atoms with Crippen LogP contribution in [0.25, 0.3) is 16.7 Å². The van der Waals surface area contributed by atoms with Crippen molar-refractivity contribution in [2.24, 2.45) is 0 Å². The van der Waals surface area contributed by atoms with Crippen LogP contribution in [0.3, 0.4) is 0 Å². The van der Waals surface area contributed by atoms with E-state index in [0.29, 0.717) is 23.5 Å². The van der Waals surface area contributed by atoms with E-state index in [1.54, 1.807) is 10.9 Å². The average Bonchev–Trinajstić information content (AvgIpc) is 3.08. The Labute approximate surface area is 144 Å². The van der Waals surface area contributed by atoms with E-state index >= 15 is 0 Å². The fourth-order valence-electron chi connectivity index (χ4n) is 3.14. The number of benzene rings is 1. The van der Waals surface area contributed by atoms with Gasteiger partial charge in [-0.2, -0.15) is 10.1 Å². The van der Waals surface area contributed by atoms with Crippen molar-refractivity contribution in [3.05, 3.63) is 46.9 Å². The molecule has 8 heteroatoms. The van der Waals surface area contributed by atoms with Crippen molar-refractivity contribution in [3.63, 3.8) is 0 Å². The van der Waals surface area contributed by atoms with Crippen molar-refractivity contribution >= 4 is 17.0 Å². The predicted octanol–water partition coefficient (Wildman–Crippen LogP) is 0.223. The molecule has 0 atom stereocenters. The van der Waals surface area contributed by atoms with Crippen molar-refractivity contribution in [3.8, 4) is 5.69 Å². The van der Waals surface area contributed by atoms with Crippen molar-refractivity contribution in [1.82, 2.24) is 24.6 Å². The van der Waals surface area contributed by atoms with E-state index in [4.69, 9.17) is 5.11 Å². The highest BCUT2D eigenvalue weighted by molar-refractivity contribution is 5.76. The highest BCUT2D eigenvalue weighted by Gasteiger charge is 2.20. The molecule has 1 fully saturated rings. The van der Waals surface area contributed by atoms with E-state index in [9.17, 15) is 4.79 Å². The van der Waals surface area contributed by atoms with Gasteiger partial charge in [-0.05, 0) is 12.1 Å². The summed E-state index contributed by atoms with van der Waals surface area (Å²) in [5.41, 5.74) is 1.25. The first-order chi connectivity index (χ1) is 12.3. The minimum atomic E-state index is -0.181. The first-order valence-electron chi connectivity index (χ1n) is 8.38. The summed E-state index contributed by atoms with van der Waals surface area (Å²) >= 11 is 0. The van der Waals surface area contributed by atoms with E-state index in [1.165, 1.54) is 0 Å². The monoisotopic (exact) mass is 340 g/mol. The first kappa shape index (κ1) is 15.8. The minimum absolute atomic E-state index is 0.164. The lowest BCUT2D eigenvalue weighted by Crippen LogP contribution is -2.48. The molecule has 3 aromatic rings. The number of hydrogen-bond donors (Lipinski definition) is 2. The van der Waals surface area contributed by atoms with Crippen LogP contribution in [0.1, 0.15) is 0 Å². The van der Waals surface area contributed by atoms with Crippen LogP contribution in [0.4, 0.5) is 5.95 Å². The van der Waals surface area contributed by atoms with Crippen molar-refractivity contribution < 1.29 is 5.11 Å². The third kappa shape index (κ3) is 3.01. The molecule has 130 valence electrons. The number of aliphatic hydroxyl groups excluding tert-OH is 1. The van der Waals surface area contributed by atoms with Gasteiger partial charge in [0.05, 0.1) is 18.5 Å². The predicted molar refractivity (Wildman–Crippen MR) is 95.2 cm³/mol. The maximum Gasteiger partial charge on any atom is 0.263 e. The zero-order chi connectivity index (χ0) is 17.2.